The number of nitrogens with one attached hydrogen (secondary N) is 3. The van der Waals surface area contributed by atoms with Crippen molar-refractivity contribution in [3.63, 3.8) is 0 Å². The third kappa shape index (κ3) is 5.45. The van der Waals surface area contributed by atoms with Crippen LogP contribution in [0, 0.1) is 12.7 Å². The van der Waals surface area contributed by atoms with Crippen LogP contribution in [0.5, 0.6) is 0 Å². The first-order valence-corrected chi connectivity index (χ1v) is 13.9. The summed E-state index contributed by atoms with van der Waals surface area (Å²) in [6.45, 7) is 3.85. The van der Waals surface area contributed by atoms with Gasteiger partial charge in [0.1, 0.15) is 11.4 Å². The van der Waals surface area contributed by atoms with E-state index < -0.39 is 11.4 Å². The fourth-order valence-corrected chi connectivity index (χ4v) is 5.58. The van der Waals surface area contributed by atoms with Crippen LogP contribution in [-0.2, 0) is 9.53 Å². The minimum absolute atomic E-state index is 0.113. The van der Waals surface area contributed by atoms with Crippen LogP contribution < -0.4 is 10.6 Å². The van der Waals surface area contributed by atoms with Gasteiger partial charge in [-0.2, -0.15) is 10.2 Å². The van der Waals surface area contributed by atoms with Gasteiger partial charge in [0, 0.05) is 42.6 Å². The zero-order chi connectivity index (χ0) is 29.3. The molecular formula is C30H32FN9O2. The highest BCUT2D eigenvalue weighted by atomic mass is 19.1. The molecule has 1 fully saturated rings. The van der Waals surface area contributed by atoms with E-state index in [-0.39, 0.29) is 17.9 Å². The van der Waals surface area contributed by atoms with Crippen molar-refractivity contribution >= 4 is 28.4 Å². The lowest BCUT2D eigenvalue weighted by Gasteiger charge is -2.38. The monoisotopic (exact) mass is 569 g/mol. The van der Waals surface area contributed by atoms with Crippen molar-refractivity contribution in [2.75, 3.05) is 12.4 Å². The highest BCUT2D eigenvalue weighted by Crippen LogP contribution is 2.41. The molecule has 1 aliphatic carbocycles. The second-order valence-corrected chi connectivity index (χ2v) is 10.7. The molecule has 11 nitrogen and oxygen atoms in total. The number of hydrogen-bond acceptors (Lipinski definition) is 8. The number of hydrogen-bond donors (Lipinski definition) is 3. The number of aromatic amines is 1. The van der Waals surface area contributed by atoms with Gasteiger partial charge in [0.25, 0.3) is 5.91 Å². The number of carbonyl (C=O) groups excluding carboxylic acids is 1. The van der Waals surface area contributed by atoms with Gasteiger partial charge in [-0.3, -0.25) is 14.9 Å². The number of halogens is 1. The third-order valence-electron chi connectivity index (χ3n) is 7.97. The Labute approximate surface area is 241 Å². The molecule has 42 heavy (non-hydrogen) atoms. The number of aromatic nitrogens is 7. The molecule has 0 saturated heterocycles. The van der Waals surface area contributed by atoms with Crippen LogP contribution in [0.4, 0.5) is 16.0 Å². The molecule has 0 unspecified atom stereocenters. The molecule has 1 saturated carbocycles. The number of ether oxygens (including phenoxy) is 1. The maximum Gasteiger partial charge on any atom is 0.252 e. The van der Waals surface area contributed by atoms with Crippen LogP contribution in [0.15, 0.2) is 61.2 Å². The molecule has 1 aliphatic rings. The molecule has 1 amide bonds. The normalized spacial score (nSPS) is 19.5. The minimum Gasteiger partial charge on any atom is -0.368 e. The summed E-state index contributed by atoms with van der Waals surface area (Å²) in [6, 6.07) is 11.1. The Bertz CT molecular complexity index is 1710. The number of fused-ring (bicyclic) bond motifs is 1. The van der Waals surface area contributed by atoms with Crippen molar-refractivity contribution in [2.45, 2.75) is 57.1 Å². The molecule has 0 bridgehead atoms. The largest absolute Gasteiger partial charge is 0.368 e. The Morgan fingerprint density at radius 2 is 2.00 bits per heavy atom. The van der Waals surface area contributed by atoms with Gasteiger partial charge in [-0.05, 0) is 63.3 Å². The lowest BCUT2D eigenvalue weighted by molar-refractivity contribution is -0.148. The van der Waals surface area contributed by atoms with Crippen LogP contribution in [0.25, 0.3) is 16.7 Å². The molecule has 12 heteroatoms. The maximum atomic E-state index is 13.6. The topological polar surface area (TPSA) is 136 Å². The number of anilines is 2. The van der Waals surface area contributed by atoms with Crippen LogP contribution in [-0.4, -0.2) is 53.5 Å². The minimum atomic E-state index is -0.948. The van der Waals surface area contributed by atoms with Gasteiger partial charge < -0.3 is 15.4 Å². The van der Waals surface area contributed by atoms with Crippen molar-refractivity contribution in [3.8, 4) is 5.82 Å². The standard InChI is InChI=1S/C30H32FN9O2/c1-18-13-25(39-38-18)36-24-14-21-5-4-12-32-27(21)28(37-24)20-8-10-30(42-3,11-9-20)29(41)35-19(2)22-6-7-26(33-15-22)40-17-23(31)16-34-40/h4-7,12-17,19-20H,8-11H2,1-3H3,(H,35,41)(H2,36,37,38,39)/t19-,20-,30+/m0/s1. The quantitative estimate of drug-likeness (QED) is 0.236. The predicted octanol–water partition coefficient (Wildman–Crippen LogP) is 5.04. The smallest absolute Gasteiger partial charge is 0.252 e. The Morgan fingerprint density at radius 1 is 1.17 bits per heavy atom. The zero-order valence-electron chi connectivity index (χ0n) is 23.6. The molecule has 3 N–H and O–H groups in total. The van der Waals surface area contributed by atoms with Gasteiger partial charge in [-0.15, -0.1) is 0 Å². The summed E-state index contributed by atoms with van der Waals surface area (Å²) in [5.74, 6) is 1.40. The van der Waals surface area contributed by atoms with Crippen LogP contribution in [0.2, 0.25) is 0 Å². The molecule has 0 radical (unpaired) electrons. The first-order valence-electron chi connectivity index (χ1n) is 13.9. The summed E-state index contributed by atoms with van der Waals surface area (Å²) in [7, 11) is 1.59. The van der Waals surface area contributed by atoms with Crippen LogP contribution in [0.1, 0.15) is 61.5 Å². The van der Waals surface area contributed by atoms with E-state index in [9.17, 15) is 9.18 Å². The molecule has 0 aromatic carbocycles. The van der Waals surface area contributed by atoms with Gasteiger partial charge >= 0.3 is 0 Å². The van der Waals surface area contributed by atoms with Crippen molar-refractivity contribution < 1.29 is 13.9 Å². The molecule has 6 rings (SSSR count). The fourth-order valence-electron chi connectivity index (χ4n) is 5.58. The van der Waals surface area contributed by atoms with E-state index in [1.54, 1.807) is 25.6 Å². The Kier molecular flexibility index (Phi) is 7.38. The number of carbonyl (C=O) groups is 1. The van der Waals surface area contributed by atoms with Gasteiger partial charge in [-0.25, -0.2) is 19.0 Å². The number of amides is 1. The third-order valence-corrected chi connectivity index (χ3v) is 7.97. The summed E-state index contributed by atoms with van der Waals surface area (Å²) < 4.78 is 20.6. The molecule has 0 aliphatic heterocycles. The number of methoxy groups -OCH3 is 1. The van der Waals surface area contributed by atoms with E-state index >= 15 is 0 Å². The highest BCUT2D eigenvalue weighted by Gasteiger charge is 2.43. The molecule has 1 atom stereocenters. The van der Waals surface area contributed by atoms with E-state index in [0.29, 0.717) is 30.3 Å². The average Bonchev–Trinajstić information content (AvgIpc) is 3.64. The first-order chi connectivity index (χ1) is 20.3. The molecule has 216 valence electrons. The molecule has 5 aromatic rings. The second kappa shape index (κ2) is 11.3. The fraction of sp³-hybridized carbons (Fsp3) is 0.333. The summed E-state index contributed by atoms with van der Waals surface area (Å²) in [5, 5.41) is 18.5. The van der Waals surface area contributed by atoms with Crippen molar-refractivity contribution in [2.24, 2.45) is 0 Å². The van der Waals surface area contributed by atoms with Crippen molar-refractivity contribution in [1.82, 2.24) is 40.2 Å². The number of rotatable bonds is 8. The lowest BCUT2D eigenvalue weighted by Crippen LogP contribution is -2.50. The number of H-pyrrole nitrogens is 1. The first kappa shape index (κ1) is 27.5. The number of pyridine rings is 3. The maximum absolute atomic E-state index is 13.6. The van der Waals surface area contributed by atoms with E-state index in [1.807, 2.05) is 44.2 Å². The average molecular weight is 570 g/mol. The van der Waals surface area contributed by atoms with E-state index in [4.69, 9.17) is 9.72 Å². The van der Waals surface area contributed by atoms with Crippen molar-refractivity contribution in [1.29, 1.82) is 0 Å². The van der Waals surface area contributed by atoms with Crippen LogP contribution in [0.3, 0.4) is 0 Å². The van der Waals surface area contributed by atoms with E-state index in [0.717, 1.165) is 46.9 Å². The summed E-state index contributed by atoms with van der Waals surface area (Å²) in [4.78, 5) is 27.6. The van der Waals surface area contributed by atoms with E-state index in [2.05, 4.69) is 35.9 Å². The number of nitrogens with zero attached hydrogens (tertiary/aromatic N) is 6. The zero-order valence-corrected chi connectivity index (χ0v) is 23.6. The molecular weight excluding hydrogens is 537 g/mol. The lowest BCUT2D eigenvalue weighted by atomic mass is 9.76. The van der Waals surface area contributed by atoms with Crippen LogP contribution >= 0.6 is 0 Å². The Balaban J connectivity index is 1.16. The van der Waals surface area contributed by atoms with Gasteiger partial charge in [0.05, 0.1) is 29.6 Å². The van der Waals surface area contributed by atoms with E-state index in [1.165, 1.54) is 10.9 Å². The Hall–Kier alpha value is -4.71. The highest BCUT2D eigenvalue weighted by molar-refractivity contribution is 5.86. The summed E-state index contributed by atoms with van der Waals surface area (Å²) in [5.41, 5.74) is 2.59. The van der Waals surface area contributed by atoms with Gasteiger partial charge in [0.2, 0.25) is 0 Å². The molecule has 0 spiro atoms. The second-order valence-electron chi connectivity index (χ2n) is 10.7. The SMILES string of the molecule is CO[C@]1(C(=O)N[C@@H](C)c2ccc(-n3cc(F)cn3)nc2)CC[C@H](c2nc(Nc3cc(C)[nH]n3)cc3cccnc32)CC1. The van der Waals surface area contributed by atoms with Gasteiger partial charge in [-0.1, -0.05) is 12.1 Å². The molecule has 5 aromatic heterocycles. The summed E-state index contributed by atoms with van der Waals surface area (Å²) in [6.07, 6.45) is 8.35. The van der Waals surface area contributed by atoms with Gasteiger partial charge in [0.15, 0.2) is 17.5 Å². The number of aryl methyl sites for hydroxylation is 1. The summed E-state index contributed by atoms with van der Waals surface area (Å²) >= 11 is 0. The van der Waals surface area contributed by atoms with Crippen molar-refractivity contribution in [3.05, 3.63) is 84.0 Å². The Morgan fingerprint density at radius 3 is 2.67 bits per heavy atom. The predicted molar refractivity (Wildman–Crippen MR) is 155 cm³/mol. The molecule has 5 heterocycles.